The number of hydrogen-bond acceptors (Lipinski definition) is 3. The Morgan fingerprint density at radius 1 is 1.18 bits per heavy atom. The molecular formula is C17H17FN2OS. The highest BCUT2D eigenvalue weighted by molar-refractivity contribution is 7.99. The van der Waals surface area contributed by atoms with Gasteiger partial charge in [0.25, 0.3) is 0 Å². The van der Waals surface area contributed by atoms with E-state index >= 15 is 0 Å². The van der Waals surface area contributed by atoms with E-state index in [4.69, 9.17) is 0 Å². The summed E-state index contributed by atoms with van der Waals surface area (Å²) in [4.78, 5) is 15.5. The topological polar surface area (TPSA) is 32.3 Å². The number of carbonyl (C=O) groups is 1. The molecule has 2 aromatic rings. The zero-order valence-corrected chi connectivity index (χ0v) is 12.9. The van der Waals surface area contributed by atoms with Gasteiger partial charge in [-0.05, 0) is 36.4 Å². The number of anilines is 2. The Morgan fingerprint density at radius 3 is 2.82 bits per heavy atom. The average molecular weight is 316 g/mol. The summed E-state index contributed by atoms with van der Waals surface area (Å²) in [5, 5.41) is 2.65. The van der Waals surface area contributed by atoms with Gasteiger partial charge in [0.1, 0.15) is 5.82 Å². The van der Waals surface area contributed by atoms with Gasteiger partial charge in [-0.3, -0.25) is 4.79 Å². The molecule has 1 heterocycles. The average Bonchev–Trinajstić information content (AvgIpc) is 2.72. The van der Waals surface area contributed by atoms with Crippen LogP contribution in [0.25, 0.3) is 0 Å². The number of fused-ring (bicyclic) bond motifs is 1. The molecule has 0 fully saturated rings. The molecule has 0 saturated carbocycles. The van der Waals surface area contributed by atoms with Crippen LogP contribution in [0.1, 0.15) is 6.42 Å². The number of nitrogens with one attached hydrogen (secondary N) is 1. The van der Waals surface area contributed by atoms with Crippen molar-refractivity contribution in [3.05, 3.63) is 54.3 Å². The van der Waals surface area contributed by atoms with E-state index in [0.29, 0.717) is 0 Å². The summed E-state index contributed by atoms with van der Waals surface area (Å²) in [6.45, 7) is 1.06. The minimum absolute atomic E-state index is 0.202. The van der Waals surface area contributed by atoms with Crippen LogP contribution in [0.15, 0.2) is 53.4 Å². The van der Waals surface area contributed by atoms with Gasteiger partial charge in [0.15, 0.2) is 0 Å². The molecule has 0 saturated heterocycles. The molecule has 22 heavy (non-hydrogen) atoms. The molecule has 0 aliphatic carbocycles. The van der Waals surface area contributed by atoms with Crippen LogP contribution in [0.3, 0.4) is 0 Å². The van der Waals surface area contributed by atoms with Crippen molar-refractivity contribution in [3.8, 4) is 0 Å². The first-order valence-corrected chi connectivity index (χ1v) is 8.24. The van der Waals surface area contributed by atoms with Gasteiger partial charge in [0, 0.05) is 11.4 Å². The molecule has 0 bridgehead atoms. The van der Waals surface area contributed by atoms with Crippen molar-refractivity contribution in [3.63, 3.8) is 0 Å². The summed E-state index contributed by atoms with van der Waals surface area (Å²) in [7, 11) is 0. The van der Waals surface area contributed by atoms with Gasteiger partial charge >= 0.3 is 0 Å². The fourth-order valence-corrected chi connectivity index (χ4v) is 3.50. The van der Waals surface area contributed by atoms with Gasteiger partial charge in [0.05, 0.1) is 17.9 Å². The molecule has 2 aromatic carbocycles. The lowest BCUT2D eigenvalue weighted by Crippen LogP contribution is -2.34. The van der Waals surface area contributed by atoms with Crippen molar-refractivity contribution >= 4 is 29.0 Å². The molecule has 0 atom stereocenters. The predicted molar refractivity (Wildman–Crippen MR) is 89.0 cm³/mol. The summed E-state index contributed by atoms with van der Waals surface area (Å²) >= 11 is 1.81. The van der Waals surface area contributed by atoms with Crippen LogP contribution in [0.4, 0.5) is 15.8 Å². The molecule has 0 unspecified atom stereocenters. The Labute approximate surface area is 133 Å². The van der Waals surface area contributed by atoms with E-state index in [-0.39, 0.29) is 18.1 Å². The van der Waals surface area contributed by atoms with Gasteiger partial charge in [-0.1, -0.05) is 24.3 Å². The first kappa shape index (κ1) is 14.9. The maximum atomic E-state index is 13.6. The molecule has 0 spiro atoms. The highest BCUT2D eigenvalue weighted by Gasteiger charge is 2.18. The largest absolute Gasteiger partial charge is 0.361 e. The monoisotopic (exact) mass is 316 g/mol. The smallest absolute Gasteiger partial charge is 0.243 e. The summed E-state index contributed by atoms with van der Waals surface area (Å²) in [5.74, 6) is 0.428. The Hall–Kier alpha value is -2.01. The Balaban J connectivity index is 1.73. The van der Waals surface area contributed by atoms with Crippen LogP contribution in [0, 0.1) is 5.82 Å². The first-order valence-electron chi connectivity index (χ1n) is 7.25. The third kappa shape index (κ3) is 3.42. The minimum atomic E-state index is -0.414. The number of nitrogens with zero attached hydrogens (tertiary/aromatic N) is 1. The molecule has 1 N–H and O–H groups in total. The first-order chi connectivity index (χ1) is 10.7. The second-order valence-corrected chi connectivity index (χ2v) is 6.26. The fourth-order valence-electron chi connectivity index (χ4n) is 2.49. The number of rotatable bonds is 3. The van der Waals surface area contributed by atoms with E-state index in [1.807, 2.05) is 30.0 Å². The number of amides is 1. The third-order valence-corrected chi connectivity index (χ3v) is 4.67. The molecule has 1 aliphatic heterocycles. The van der Waals surface area contributed by atoms with Crippen molar-refractivity contribution in [2.45, 2.75) is 11.3 Å². The third-order valence-electron chi connectivity index (χ3n) is 3.52. The van der Waals surface area contributed by atoms with E-state index < -0.39 is 5.82 Å². The van der Waals surface area contributed by atoms with Crippen LogP contribution >= 0.6 is 11.8 Å². The molecule has 5 heteroatoms. The SMILES string of the molecule is O=C(CN1CCCSc2ccccc21)Nc1ccccc1F. The molecule has 1 amide bonds. The second kappa shape index (κ2) is 6.83. The molecule has 1 aliphatic rings. The van der Waals surface area contributed by atoms with Crippen molar-refractivity contribution in [2.24, 2.45) is 0 Å². The normalized spacial score (nSPS) is 14.1. The quantitative estimate of drug-likeness (QED) is 0.935. The van der Waals surface area contributed by atoms with E-state index in [1.165, 1.54) is 11.0 Å². The molecular weight excluding hydrogens is 299 g/mol. The number of hydrogen-bond donors (Lipinski definition) is 1. The van der Waals surface area contributed by atoms with Crippen molar-refractivity contribution in [2.75, 3.05) is 29.1 Å². The van der Waals surface area contributed by atoms with E-state index in [2.05, 4.69) is 16.3 Å². The molecule has 114 valence electrons. The van der Waals surface area contributed by atoms with Crippen LogP contribution in [-0.4, -0.2) is 24.7 Å². The number of thioether (sulfide) groups is 1. The van der Waals surface area contributed by atoms with E-state index in [9.17, 15) is 9.18 Å². The van der Waals surface area contributed by atoms with Crippen LogP contribution in [0.5, 0.6) is 0 Å². The van der Waals surface area contributed by atoms with Gasteiger partial charge in [0.2, 0.25) is 5.91 Å². The minimum Gasteiger partial charge on any atom is -0.361 e. The van der Waals surface area contributed by atoms with Crippen LogP contribution in [0.2, 0.25) is 0 Å². The maximum Gasteiger partial charge on any atom is 0.243 e. The lowest BCUT2D eigenvalue weighted by Gasteiger charge is -2.23. The molecule has 0 radical (unpaired) electrons. The van der Waals surface area contributed by atoms with Gasteiger partial charge < -0.3 is 10.2 Å². The van der Waals surface area contributed by atoms with E-state index in [1.54, 1.807) is 18.2 Å². The Kier molecular flexibility index (Phi) is 4.63. The number of carbonyl (C=O) groups excluding carboxylic acids is 1. The second-order valence-electron chi connectivity index (χ2n) is 5.12. The van der Waals surface area contributed by atoms with Crippen molar-refractivity contribution in [1.29, 1.82) is 0 Å². The number of halogens is 1. The Bertz CT molecular complexity index is 677. The fraction of sp³-hybridized carbons (Fsp3) is 0.235. The summed E-state index contributed by atoms with van der Waals surface area (Å²) in [5.41, 5.74) is 1.30. The van der Waals surface area contributed by atoms with E-state index in [0.717, 1.165) is 24.4 Å². The number of benzene rings is 2. The summed E-state index contributed by atoms with van der Waals surface area (Å²) in [6.07, 6.45) is 1.02. The highest BCUT2D eigenvalue weighted by atomic mass is 32.2. The van der Waals surface area contributed by atoms with Crippen LogP contribution in [-0.2, 0) is 4.79 Å². The zero-order chi connectivity index (χ0) is 15.4. The summed E-state index contributed by atoms with van der Waals surface area (Å²) in [6, 6.07) is 14.3. The standard InChI is InChI=1S/C17H17FN2OS/c18-13-6-1-2-7-14(13)19-17(21)12-20-10-5-11-22-16-9-4-3-8-15(16)20/h1-4,6-9H,5,10-12H2,(H,19,21). The molecule has 3 rings (SSSR count). The maximum absolute atomic E-state index is 13.6. The van der Waals surface area contributed by atoms with Gasteiger partial charge in [-0.2, -0.15) is 0 Å². The number of para-hydroxylation sites is 2. The van der Waals surface area contributed by atoms with Crippen molar-refractivity contribution < 1.29 is 9.18 Å². The zero-order valence-electron chi connectivity index (χ0n) is 12.1. The van der Waals surface area contributed by atoms with Gasteiger partial charge in [-0.25, -0.2) is 4.39 Å². The highest BCUT2D eigenvalue weighted by Crippen LogP contribution is 2.33. The Morgan fingerprint density at radius 2 is 1.95 bits per heavy atom. The summed E-state index contributed by atoms with van der Waals surface area (Å²) < 4.78 is 13.6. The molecule has 3 nitrogen and oxygen atoms in total. The van der Waals surface area contributed by atoms with Crippen molar-refractivity contribution in [1.82, 2.24) is 0 Å². The van der Waals surface area contributed by atoms with Gasteiger partial charge in [-0.15, -0.1) is 11.8 Å². The lowest BCUT2D eigenvalue weighted by atomic mass is 10.2. The lowest BCUT2D eigenvalue weighted by molar-refractivity contribution is -0.115. The molecule has 0 aromatic heterocycles. The predicted octanol–water partition coefficient (Wildman–Crippen LogP) is 3.77. The van der Waals surface area contributed by atoms with Crippen LogP contribution < -0.4 is 10.2 Å².